The molecule has 0 fully saturated rings. The molecule has 0 aliphatic rings. The molecule has 6 heteroatoms. The van der Waals surface area contributed by atoms with Gasteiger partial charge in [0.25, 0.3) is 5.91 Å². The minimum Gasteiger partial charge on any atom is -0.289 e. The number of amides is 1. The van der Waals surface area contributed by atoms with Gasteiger partial charge >= 0.3 is 0 Å². The number of carbonyl (C=O) groups excluding carboxylic acids is 1. The van der Waals surface area contributed by atoms with E-state index in [2.05, 4.69) is 20.3 Å². The zero-order chi connectivity index (χ0) is 13.9. The number of anilines is 1. The lowest BCUT2D eigenvalue weighted by molar-refractivity contribution is 0.102. The smallest absolute Gasteiger partial charge is 0.277 e. The molecule has 1 aromatic carbocycles. The lowest BCUT2D eigenvalue weighted by atomic mass is 10.1. The van der Waals surface area contributed by atoms with E-state index in [-0.39, 0.29) is 17.0 Å². The van der Waals surface area contributed by atoms with Gasteiger partial charge < -0.3 is 0 Å². The van der Waals surface area contributed by atoms with Crippen molar-refractivity contribution < 1.29 is 4.79 Å². The zero-order valence-electron chi connectivity index (χ0n) is 10.2. The minimum absolute atomic E-state index is 0.150. The van der Waals surface area contributed by atoms with E-state index in [4.69, 9.17) is 11.6 Å². The SMILES string of the molecule is O=C(Nc1nccc(Cl)n1)c1nccc2ccccc12. The van der Waals surface area contributed by atoms with E-state index < -0.39 is 0 Å². The van der Waals surface area contributed by atoms with Crippen LogP contribution in [-0.2, 0) is 0 Å². The van der Waals surface area contributed by atoms with Gasteiger partial charge in [-0.1, -0.05) is 35.9 Å². The molecule has 0 unspecified atom stereocenters. The number of hydrogen-bond acceptors (Lipinski definition) is 4. The second-order valence-corrected chi connectivity index (χ2v) is 4.43. The first kappa shape index (κ1) is 12.5. The third-order valence-electron chi connectivity index (χ3n) is 2.74. The van der Waals surface area contributed by atoms with Crippen molar-refractivity contribution in [3.05, 3.63) is 59.6 Å². The highest BCUT2D eigenvalue weighted by Crippen LogP contribution is 2.17. The number of carbonyl (C=O) groups is 1. The van der Waals surface area contributed by atoms with Crippen LogP contribution in [-0.4, -0.2) is 20.9 Å². The molecule has 98 valence electrons. The molecule has 0 spiro atoms. The van der Waals surface area contributed by atoms with Crippen LogP contribution in [0.1, 0.15) is 10.5 Å². The largest absolute Gasteiger partial charge is 0.289 e. The summed E-state index contributed by atoms with van der Waals surface area (Å²) < 4.78 is 0. The topological polar surface area (TPSA) is 67.8 Å². The van der Waals surface area contributed by atoms with Gasteiger partial charge in [0.15, 0.2) is 0 Å². The third kappa shape index (κ3) is 2.44. The Morgan fingerprint density at radius 3 is 2.70 bits per heavy atom. The summed E-state index contributed by atoms with van der Waals surface area (Å²) in [4.78, 5) is 24.2. The van der Waals surface area contributed by atoms with Gasteiger partial charge in [0.2, 0.25) is 5.95 Å². The lowest BCUT2D eigenvalue weighted by Gasteiger charge is -2.05. The first-order chi connectivity index (χ1) is 9.74. The standard InChI is InChI=1S/C14H9ClN4O/c15-11-6-8-17-14(18-11)19-13(20)12-10-4-2-1-3-9(10)5-7-16-12/h1-8H,(H,17,18,19,20). The van der Waals surface area contributed by atoms with E-state index >= 15 is 0 Å². The monoisotopic (exact) mass is 284 g/mol. The van der Waals surface area contributed by atoms with Gasteiger partial charge in [0.1, 0.15) is 10.8 Å². The quantitative estimate of drug-likeness (QED) is 0.735. The number of nitrogens with one attached hydrogen (secondary N) is 1. The molecule has 0 radical (unpaired) electrons. The summed E-state index contributed by atoms with van der Waals surface area (Å²) in [5.41, 5.74) is 0.326. The molecule has 0 saturated carbocycles. The Hall–Kier alpha value is -2.53. The highest BCUT2D eigenvalue weighted by atomic mass is 35.5. The molecule has 1 N–H and O–H groups in total. The van der Waals surface area contributed by atoms with Crippen molar-refractivity contribution in [1.82, 2.24) is 15.0 Å². The summed E-state index contributed by atoms with van der Waals surface area (Å²) in [5, 5.41) is 4.56. The van der Waals surface area contributed by atoms with Crippen LogP contribution in [0.3, 0.4) is 0 Å². The fourth-order valence-corrected chi connectivity index (χ4v) is 1.99. The molecular formula is C14H9ClN4O. The maximum absolute atomic E-state index is 12.2. The summed E-state index contributed by atoms with van der Waals surface area (Å²) in [7, 11) is 0. The van der Waals surface area contributed by atoms with Crippen LogP contribution in [0.2, 0.25) is 5.15 Å². The van der Waals surface area contributed by atoms with Crippen LogP contribution >= 0.6 is 11.6 Å². The zero-order valence-corrected chi connectivity index (χ0v) is 11.0. The Balaban J connectivity index is 1.97. The molecule has 2 heterocycles. The molecule has 3 aromatic rings. The van der Waals surface area contributed by atoms with Gasteiger partial charge in [0, 0.05) is 17.8 Å². The molecule has 0 saturated heterocycles. The number of fused-ring (bicyclic) bond motifs is 1. The highest BCUT2D eigenvalue weighted by molar-refractivity contribution is 6.29. The number of halogens is 1. The summed E-state index contributed by atoms with van der Waals surface area (Å²) in [5.74, 6) is -0.221. The van der Waals surface area contributed by atoms with Gasteiger partial charge in [-0.2, -0.15) is 0 Å². The average molecular weight is 285 g/mol. The lowest BCUT2D eigenvalue weighted by Crippen LogP contribution is -2.16. The van der Waals surface area contributed by atoms with Crippen molar-refractivity contribution in [2.75, 3.05) is 5.32 Å². The molecule has 0 aliphatic heterocycles. The molecule has 0 aliphatic carbocycles. The van der Waals surface area contributed by atoms with Crippen molar-refractivity contribution >= 4 is 34.2 Å². The Kier molecular flexibility index (Phi) is 3.26. The Morgan fingerprint density at radius 2 is 1.85 bits per heavy atom. The van der Waals surface area contributed by atoms with Crippen LogP contribution in [0.15, 0.2) is 48.8 Å². The van der Waals surface area contributed by atoms with Crippen molar-refractivity contribution in [3.63, 3.8) is 0 Å². The van der Waals surface area contributed by atoms with E-state index in [0.717, 1.165) is 10.8 Å². The average Bonchev–Trinajstić information content (AvgIpc) is 2.46. The van der Waals surface area contributed by atoms with Gasteiger partial charge in [-0.05, 0) is 17.5 Å². The van der Waals surface area contributed by atoms with Crippen LogP contribution in [0, 0.1) is 0 Å². The summed E-state index contributed by atoms with van der Waals surface area (Å²) in [6, 6.07) is 10.9. The van der Waals surface area contributed by atoms with Crippen molar-refractivity contribution in [3.8, 4) is 0 Å². The number of hydrogen-bond donors (Lipinski definition) is 1. The number of aromatic nitrogens is 3. The van der Waals surface area contributed by atoms with E-state index in [9.17, 15) is 4.79 Å². The van der Waals surface area contributed by atoms with Gasteiger partial charge in [-0.15, -0.1) is 0 Å². The minimum atomic E-state index is -0.371. The maximum atomic E-state index is 12.2. The van der Waals surface area contributed by atoms with E-state index in [1.165, 1.54) is 12.3 Å². The van der Waals surface area contributed by atoms with Gasteiger partial charge in [-0.3, -0.25) is 15.1 Å². The normalized spacial score (nSPS) is 10.4. The number of benzene rings is 1. The third-order valence-corrected chi connectivity index (χ3v) is 2.95. The Bertz CT molecular complexity index is 785. The van der Waals surface area contributed by atoms with E-state index in [1.807, 2.05) is 30.3 Å². The van der Waals surface area contributed by atoms with Crippen LogP contribution in [0.4, 0.5) is 5.95 Å². The number of rotatable bonds is 2. The molecule has 0 atom stereocenters. The molecule has 0 bridgehead atoms. The molecule has 5 nitrogen and oxygen atoms in total. The van der Waals surface area contributed by atoms with Crippen molar-refractivity contribution in [2.45, 2.75) is 0 Å². The number of pyridine rings is 1. The molecule has 20 heavy (non-hydrogen) atoms. The van der Waals surface area contributed by atoms with E-state index in [1.54, 1.807) is 6.20 Å². The second kappa shape index (κ2) is 5.22. The Labute approximate surface area is 119 Å². The summed E-state index contributed by atoms with van der Waals surface area (Å²) >= 11 is 5.75. The van der Waals surface area contributed by atoms with Crippen LogP contribution in [0.25, 0.3) is 10.8 Å². The molecular weight excluding hydrogens is 276 g/mol. The highest BCUT2D eigenvalue weighted by Gasteiger charge is 2.12. The van der Waals surface area contributed by atoms with Crippen LogP contribution < -0.4 is 5.32 Å². The summed E-state index contributed by atoms with van der Waals surface area (Å²) in [6.45, 7) is 0. The number of nitrogens with zero attached hydrogens (tertiary/aromatic N) is 3. The van der Waals surface area contributed by atoms with Gasteiger partial charge in [0.05, 0.1) is 0 Å². The van der Waals surface area contributed by atoms with Gasteiger partial charge in [-0.25, -0.2) is 9.97 Å². The maximum Gasteiger partial charge on any atom is 0.277 e. The summed E-state index contributed by atoms with van der Waals surface area (Å²) in [6.07, 6.45) is 3.07. The Morgan fingerprint density at radius 1 is 1.05 bits per heavy atom. The predicted octanol–water partition coefficient (Wildman–Crippen LogP) is 2.93. The molecule has 3 rings (SSSR count). The second-order valence-electron chi connectivity index (χ2n) is 4.04. The molecule has 2 aromatic heterocycles. The van der Waals surface area contributed by atoms with Crippen molar-refractivity contribution in [2.24, 2.45) is 0 Å². The van der Waals surface area contributed by atoms with Crippen LogP contribution in [0.5, 0.6) is 0 Å². The fraction of sp³-hybridized carbons (Fsp3) is 0. The van der Waals surface area contributed by atoms with Crippen molar-refractivity contribution in [1.29, 1.82) is 0 Å². The first-order valence-corrected chi connectivity index (χ1v) is 6.25. The fourth-order valence-electron chi connectivity index (χ4n) is 1.86. The van der Waals surface area contributed by atoms with E-state index in [0.29, 0.717) is 5.69 Å². The first-order valence-electron chi connectivity index (χ1n) is 5.88. The molecule has 1 amide bonds. The predicted molar refractivity (Wildman–Crippen MR) is 76.7 cm³/mol.